The van der Waals surface area contributed by atoms with Gasteiger partial charge in [0.2, 0.25) is 0 Å². The summed E-state index contributed by atoms with van der Waals surface area (Å²) in [4.78, 5) is 1.29. The number of thioether (sulfide) groups is 1. The summed E-state index contributed by atoms with van der Waals surface area (Å²) in [6.07, 6.45) is 0. The van der Waals surface area contributed by atoms with E-state index in [0.29, 0.717) is 5.25 Å². The fraction of sp³-hybridized carbons (Fsp3) is 0.333. The van der Waals surface area contributed by atoms with Gasteiger partial charge in [0.05, 0.1) is 5.25 Å². The number of aryl methyl sites for hydroxylation is 1. The number of hydrogen-bond acceptors (Lipinski definition) is 1. The summed E-state index contributed by atoms with van der Waals surface area (Å²) in [7, 11) is 0. The zero-order valence-electron chi connectivity index (χ0n) is 8.29. The van der Waals surface area contributed by atoms with Gasteiger partial charge >= 0.3 is 0 Å². The van der Waals surface area contributed by atoms with Crippen LogP contribution in [0.4, 0.5) is 0 Å². The number of benzene rings is 1. The van der Waals surface area contributed by atoms with E-state index >= 15 is 0 Å². The van der Waals surface area contributed by atoms with Crippen LogP contribution in [0.15, 0.2) is 29.2 Å². The van der Waals surface area contributed by atoms with Crippen LogP contribution >= 0.6 is 11.8 Å². The molecule has 0 radical (unpaired) electrons. The Kier molecular flexibility index (Phi) is 3.92. The monoisotopic (exact) mass is 190 g/mol. The number of hydrogen-bond donors (Lipinski definition) is 0. The van der Waals surface area contributed by atoms with Gasteiger partial charge in [-0.1, -0.05) is 23.6 Å². The lowest BCUT2D eigenvalue weighted by Crippen LogP contribution is -1.89. The summed E-state index contributed by atoms with van der Waals surface area (Å²) in [5.74, 6) is 6.05. The third-order valence-electron chi connectivity index (χ3n) is 1.68. The van der Waals surface area contributed by atoms with Crippen LogP contribution < -0.4 is 0 Å². The second-order valence-corrected chi connectivity index (χ2v) is 4.38. The van der Waals surface area contributed by atoms with Crippen LogP contribution in [0.2, 0.25) is 0 Å². The van der Waals surface area contributed by atoms with Crippen molar-refractivity contribution in [1.29, 1.82) is 0 Å². The van der Waals surface area contributed by atoms with Crippen molar-refractivity contribution in [2.45, 2.75) is 30.9 Å². The molecule has 0 saturated carbocycles. The molecule has 13 heavy (non-hydrogen) atoms. The topological polar surface area (TPSA) is 0 Å². The van der Waals surface area contributed by atoms with Crippen LogP contribution in [-0.2, 0) is 0 Å². The highest BCUT2D eigenvalue weighted by Gasteiger charge is 1.99. The highest BCUT2D eigenvalue weighted by molar-refractivity contribution is 8.00. The lowest BCUT2D eigenvalue weighted by molar-refractivity contribution is 1.27. The van der Waals surface area contributed by atoms with Crippen LogP contribution in [0, 0.1) is 18.8 Å². The first-order valence-corrected chi connectivity index (χ1v) is 5.26. The van der Waals surface area contributed by atoms with Crippen molar-refractivity contribution < 1.29 is 0 Å². The normalized spacial score (nSPS) is 11.6. The Hall–Kier alpha value is -0.870. The molecule has 0 aromatic heterocycles. The zero-order chi connectivity index (χ0) is 9.68. The average molecular weight is 190 g/mol. The highest BCUT2D eigenvalue weighted by Crippen LogP contribution is 2.22. The van der Waals surface area contributed by atoms with E-state index in [9.17, 15) is 0 Å². The Morgan fingerprint density at radius 3 is 2.38 bits per heavy atom. The van der Waals surface area contributed by atoms with Crippen molar-refractivity contribution >= 4 is 11.8 Å². The Bertz CT molecular complexity index is 313. The van der Waals surface area contributed by atoms with Crippen LogP contribution in [0.25, 0.3) is 0 Å². The van der Waals surface area contributed by atoms with E-state index in [4.69, 9.17) is 0 Å². The van der Waals surface area contributed by atoms with E-state index in [1.54, 1.807) is 11.8 Å². The summed E-state index contributed by atoms with van der Waals surface area (Å²) in [5, 5.41) is 0.382. The fourth-order valence-electron chi connectivity index (χ4n) is 1.05. The predicted octanol–water partition coefficient (Wildman–Crippen LogP) is 3.50. The summed E-state index contributed by atoms with van der Waals surface area (Å²) in [5.41, 5.74) is 1.30. The van der Waals surface area contributed by atoms with Gasteiger partial charge in [-0.15, -0.1) is 17.7 Å². The van der Waals surface area contributed by atoms with Gasteiger partial charge in [0.1, 0.15) is 0 Å². The van der Waals surface area contributed by atoms with E-state index in [1.807, 2.05) is 6.92 Å². The molecule has 0 aliphatic rings. The van der Waals surface area contributed by atoms with Gasteiger partial charge in [-0.3, -0.25) is 0 Å². The van der Waals surface area contributed by atoms with Crippen molar-refractivity contribution in [2.24, 2.45) is 0 Å². The first-order valence-electron chi connectivity index (χ1n) is 4.38. The van der Waals surface area contributed by atoms with Crippen LogP contribution in [0.1, 0.15) is 19.4 Å². The Morgan fingerprint density at radius 2 is 1.85 bits per heavy atom. The Balaban J connectivity index is 2.62. The van der Waals surface area contributed by atoms with E-state index in [1.165, 1.54) is 10.5 Å². The quantitative estimate of drug-likeness (QED) is 0.508. The molecule has 1 heteroatoms. The average Bonchev–Trinajstić information content (AvgIpc) is 2.09. The van der Waals surface area contributed by atoms with E-state index < -0.39 is 0 Å². The standard InChI is InChI=1S/C12H14S/c1-4-5-11(3)13-12-8-6-10(2)7-9-12/h6-9,11H,1-3H3. The first kappa shape index (κ1) is 10.2. The maximum atomic E-state index is 3.12. The second kappa shape index (κ2) is 4.99. The molecule has 0 N–H and O–H groups in total. The van der Waals surface area contributed by atoms with Crippen molar-refractivity contribution in [1.82, 2.24) is 0 Å². The minimum absolute atomic E-state index is 0.382. The molecule has 1 atom stereocenters. The fourth-order valence-corrected chi connectivity index (χ4v) is 1.93. The van der Waals surface area contributed by atoms with Crippen LogP contribution in [0.3, 0.4) is 0 Å². The molecule has 0 bridgehead atoms. The molecular weight excluding hydrogens is 176 g/mol. The lowest BCUT2D eigenvalue weighted by Gasteiger charge is -2.03. The minimum atomic E-state index is 0.382. The Morgan fingerprint density at radius 1 is 1.23 bits per heavy atom. The summed E-state index contributed by atoms with van der Waals surface area (Å²) in [6, 6.07) is 8.56. The third kappa shape index (κ3) is 3.57. The molecule has 0 aliphatic heterocycles. The summed E-state index contributed by atoms with van der Waals surface area (Å²) < 4.78 is 0. The smallest absolute Gasteiger partial charge is 0.0676 e. The van der Waals surface area contributed by atoms with Crippen molar-refractivity contribution in [2.75, 3.05) is 0 Å². The van der Waals surface area contributed by atoms with Gasteiger partial charge in [0.25, 0.3) is 0 Å². The van der Waals surface area contributed by atoms with Crippen molar-refractivity contribution in [3.05, 3.63) is 29.8 Å². The lowest BCUT2D eigenvalue weighted by atomic mass is 10.2. The molecular formula is C12H14S. The molecule has 0 spiro atoms. The van der Waals surface area contributed by atoms with Crippen molar-refractivity contribution in [3.8, 4) is 11.8 Å². The molecule has 1 rings (SSSR count). The van der Waals surface area contributed by atoms with Gasteiger partial charge in [-0.05, 0) is 32.9 Å². The van der Waals surface area contributed by atoms with Crippen LogP contribution in [0.5, 0.6) is 0 Å². The van der Waals surface area contributed by atoms with E-state index in [0.717, 1.165) is 0 Å². The summed E-state index contributed by atoms with van der Waals surface area (Å²) in [6.45, 7) is 6.11. The molecule has 0 nitrogen and oxygen atoms in total. The van der Waals surface area contributed by atoms with E-state index in [-0.39, 0.29) is 0 Å². The van der Waals surface area contributed by atoms with Gasteiger partial charge in [-0.2, -0.15) is 0 Å². The van der Waals surface area contributed by atoms with Gasteiger partial charge in [0, 0.05) is 4.90 Å². The maximum absolute atomic E-state index is 3.12. The summed E-state index contributed by atoms with van der Waals surface area (Å²) >= 11 is 1.80. The first-order chi connectivity index (χ1) is 6.22. The molecule has 0 aliphatic carbocycles. The molecule has 0 amide bonds. The van der Waals surface area contributed by atoms with Gasteiger partial charge in [0.15, 0.2) is 0 Å². The molecule has 0 saturated heterocycles. The molecule has 1 aromatic carbocycles. The van der Waals surface area contributed by atoms with Gasteiger partial charge < -0.3 is 0 Å². The minimum Gasteiger partial charge on any atom is -0.110 e. The molecule has 1 aromatic rings. The van der Waals surface area contributed by atoms with Gasteiger partial charge in [-0.25, -0.2) is 0 Å². The Labute approximate surface area is 84.7 Å². The molecule has 0 fully saturated rings. The molecule has 68 valence electrons. The second-order valence-electron chi connectivity index (χ2n) is 2.97. The van der Waals surface area contributed by atoms with Crippen molar-refractivity contribution in [3.63, 3.8) is 0 Å². The van der Waals surface area contributed by atoms with E-state index in [2.05, 4.69) is 50.0 Å². The van der Waals surface area contributed by atoms with Crippen LogP contribution in [-0.4, -0.2) is 5.25 Å². The third-order valence-corrected chi connectivity index (χ3v) is 2.70. The zero-order valence-corrected chi connectivity index (χ0v) is 9.11. The molecule has 0 heterocycles. The maximum Gasteiger partial charge on any atom is 0.0676 e. The largest absolute Gasteiger partial charge is 0.110 e. The predicted molar refractivity (Wildman–Crippen MR) is 59.9 cm³/mol. The number of rotatable bonds is 2. The molecule has 1 unspecified atom stereocenters. The SMILES string of the molecule is CC#CC(C)Sc1ccc(C)cc1. The highest BCUT2D eigenvalue weighted by atomic mass is 32.2.